The minimum Gasteiger partial charge on any atom is -0.340 e. The van der Waals surface area contributed by atoms with Crippen molar-refractivity contribution in [1.82, 2.24) is 24.5 Å². The van der Waals surface area contributed by atoms with Crippen molar-refractivity contribution in [1.29, 1.82) is 0 Å². The van der Waals surface area contributed by atoms with Crippen LogP contribution < -0.4 is 21.5 Å². The van der Waals surface area contributed by atoms with E-state index in [0.29, 0.717) is 34.0 Å². The van der Waals surface area contributed by atoms with E-state index in [1.165, 1.54) is 17.2 Å². The second kappa shape index (κ2) is 10.6. The monoisotopic (exact) mass is 492 g/mol. The number of hydrogen-bond donors (Lipinski definition) is 3. The minimum atomic E-state index is -0.197. The lowest BCUT2D eigenvalue weighted by molar-refractivity contribution is -0.116. The first-order valence-electron chi connectivity index (χ1n) is 11.7. The zero-order valence-electron chi connectivity index (χ0n) is 20.0. The van der Waals surface area contributed by atoms with Crippen LogP contribution in [0.1, 0.15) is 12.0 Å². The van der Waals surface area contributed by atoms with Crippen LogP contribution in [0.4, 0.5) is 28.8 Å². The fraction of sp³-hybridized carbons (Fsp3) is 0.111. The Morgan fingerprint density at radius 2 is 1.57 bits per heavy atom. The van der Waals surface area contributed by atoms with Crippen LogP contribution in [0, 0.1) is 6.92 Å². The van der Waals surface area contributed by atoms with Gasteiger partial charge in [0.1, 0.15) is 23.8 Å². The molecule has 0 spiro atoms. The molecule has 0 saturated carbocycles. The molecule has 37 heavy (non-hydrogen) atoms. The summed E-state index contributed by atoms with van der Waals surface area (Å²) in [5.74, 6) is 1.72. The van der Waals surface area contributed by atoms with Gasteiger partial charge in [0.2, 0.25) is 5.91 Å². The van der Waals surface area contributed by atoms with E-state index in [0.717, 1.165) is 11.3 Å². The quantitative estimate of drug-likeness (QED) is 0.291. The predicted octanol–water partition coefficient (Wildman–Crippen LogP) is 4.41. The zero-order chi connectivity index (χ0) is 25.6. The molecular weight excluding hydrogens is 468 g/mol. The van der Waals surface area contributed by atoms with Gasteiger partial charge in [0.05, 0.1) is 17.2 Å². The summed E-state index contributed by atoms with van der Waals surface area (Å²) in [7, 11) is 0. The molecule has 2 aromatic carbocycles. The smallest absolute Gasteiger partial charge is 0.261 e. The van der Waals surface area contributed by atoms with E-state index < -0.39 is 0 Å². The third kappa shape index (κ3) is 5.93. The molecule has 10 nitrogen and oxygen atoms in total. The van der Waals surface area contributed by atoms with Crippen molar-refractivity contribution in [2.24, 2.45) is 0 Å². The summed E-state index contributed by atoms with van der Waals surface area (Å²) in [6, 6.07) is 20.0. The van der Waals surface area contributed by atoms with Crippen molar-refractivity contribution in [2.45, 2.75) is 19.9 Å². The molecule has 0 aliphatic rings. The van der Waals surface area contributed by atoms with Crippen LogP contribution in [0.15, 0.2) is 90.4 Å². The number of aryl methyl sites for hydroxylation is 2. The number of nitrogens with zero attached hydrogens (tertiary/aromatic N) is 5. The molecule has 0 aliphatic carbocycles. The molecule has 1 amide bonds. The topological polar surface area (TPSA) is 127 Å². The highest BCUT2D eigenvalue weighted by atomic mass is 16.2. The minimum absolute atomic E-state index is 0.145. The number of hydrogen-bond acceptors (Lipinski definition) is 8. The van der Waals surface area contributed by atoms with E-state index in [4.69, 9.17) is 0 Å². The lowest BCUT2D eigenvalue weighted by Crippen LogP contribution is -2.23. The molecule has 0 unspecified atom stereocenters. The van der Waals surface area contributed by atoms with E-state index in [9.17, 15) is 9.59 Å². The average Bonchev–Trinajstić information content (AvgIpc) is 2.90. The van der Waals surface area contributed by atoms with Crippen LogP contribution in [-0.2, 0) is 11.3 Å². The first-order valence-corrected chi connectivity index (χ1v) is 11.7. The lowest BCUT2D eigenvalue weighted by atomic mass is 10.2. The zero-order valence-corrected chi connectivity index (χ0v) is 20.0. The van der Waals surface area contributed by atoms with E-state index in [2.05, 4.69) is 35.9 Å². The Hall–Kier alpha value is -5.12. The lowest BCUT2D eigenvalue weighted by Gasteiger charge is -2.10. The largest absolute Gasteiger partial charge is 0.340 e. The van der Waals surface area contributed by atoms with E-state index >= 15 is 0 Å². The Labute approximate surface area is 212 Å². The van der Waals surface area contributed by atoms with Crippen molar-refractivity contribution >= 4 is 45.6 Å². The number of aromatic nitrogens is 5. The fourth-order valence-corrected chi connectivity index (χ4v) is 3.73. The van der Waals surface area contributed by atoms with E-state index in [1.807, 2.05) is 37.3 Å². The molecule has 5 rings (SSSR count). The van der Waals surface area contributed by atoms with Gasteiger partial charge in [-0.15, -0.1) is 0 Å². The molecule has 5 aromatic rings. The number of fused-ring (bicyclic) bond motifs is 1. The van der Waals surface area contributed by atoms with Crippen LogP contribution in [0.3, 0.4) is 0 Å². The van der Waals surface area contributed by atoms with Gasteiger partial charge in [0, 0.05) is 36.6 Å². The van der Waals surface area contributed by atoms with Gasteiger partial charge in [-0.25, -0.2) is 19.9 Å². The predicted molar refractivity (Wildman–Crippen MR) is 143 cm³/mol. The highest BCUT2D eigenvalue weighted by Gasteiger charge is 2.08. The maximum atomic E-state index is 12.6. The summed E-state index contributed by atoms with van der Waals surface area (Å²) in [6.45, 7) is 2.24. The van der Waals surface area contributed by atoms with Crippen LogP contribution >= 0.6 is 0 Å². The summed E-state index contributed by atoms with van der Waals surface area (Å²) in [4.78, 5) is 42.1. The van der Waals surface area contributed by atoms with Crippen LogP contribution in [0.2, 0.25) is 0 Å². The van der Waals surface area contributed by atoms with Crippen LogP contribution in [0.25, 0.3) is 10.9 Å². The van der Waals surface area contributed by atoms with Gasteiger partial charge >= 0.3 is 0 Å². The second-order valence-corrected chi connectivity index (χ2v) is 8.39. The summed E-state index contributed by atoms with van der Waals surface area (Å²) in [6.07, 6.45) is 4.82. The molecule has 3 aromatic heterocycles. The van der Waals surface area contributed by atoms with Gasteiger partial charge in [-0.1, -0.05) is 12.1 Å². The molecule has 0 fully saturated rings. The van der Waals surface area contributed by atoms with Crippen molar-refractivity contribution in [3.63, 3.8) is 0 Å². The first-order chi connectivity index (χ1) is 18.0. The Balaban J connectivity index is 1.16. The Bertz CT molecular complexity index is 1620. The van der Waals surface area contributed by atoms with Crippen LogP contribution in [0.5, 0.6) is 0 Å². The summed E-state index contributed by atoms with van der Waals surface area (Å²) >= 11 is 0. The number of amides is 1. The maximum Gasteiger partial charge on any atom is 0.261 e. The highest BCUT2D eigenvalue weighted by molar-refractivity contribution is 5.91. The molecule has 3 N–H and O–H groups in total. The number of carbonyl (C=O) groups is 1. The molecule has 0 atom stereocenters. The summed E-state index contributed by atoms with van der Waals surface area (Å²) in [5.41, 5.74) is 3.02. The molecule has 10 heteroatoms. The van der Waals surface area contributed by atoms with Gasteiger partial charge in [-0.05, 0) is 61.0 Å². The normalized spacial score (nSPS) is 10.7. The molecule has 184 valence electrons. The molecule has 0 bridgehead atoms. The second-order valence-electron chi connectivity index (χ2n) is 8.39. The highest BCUT2D eigenvalue weighted by Crippen LogP contribution is 2.20. The first kappa shape index (κ1) is 23.6. The van der Waals surface area contributed by atoms with E-state index in [-0.39, 0.29) is 24.4 Å². The number of para-hydroxylation sites is 1. The third-order valence-corrected chi connectivity index (χ3v) is 5.59. The average molecular weight is 493 g/mol. The van der Waals surface area contributed by atoms with Crippen molar-refractivity contribution in [2.75, 3.05) is 16.0 Å². The fourth-order valence-electron chi connectivity index (χ4n) is 3.73. The van der Waals surface area contributed by atoms with Gasteiger partial charge in [-0.2, -0.15) is 0 Å². The number of rotatable bonds is 8. The van der Waals surface area contributed by atoms with Gasteiger partial charge in [0.15, 0.2) is 0 Å². The molecule has 0 saturated heterocycles. The van der Waals surface area contributed by atoms with Gasteiger partial charge in [0.25, 0.3) is 5.56 Å². The van der Waals surface area contributed by atoms with Crippen molar-refractivity contribution < 1.29 is 4.79 Å². The molecule has 0 radical (unpaired) electrons. The Morgan fingerprint density at radius 1 is 0.838 bits per heavy atom. The summed E-state index contributed by atoms with van der Waals surface area (Å²) < 4.78 is 1.45. The molecule has 0 aliphatic heterocycles. The Morgan fingerprint density at radius 3 is 2.38 bits per heavy atom. The number of carbonyl (C=O) groups excluding carboxylic acids is 1. The van der Waals surface area contributed by atoms with Gasteiger partial charge < -0.3 is 16.0 Å². The summed E-state index contributed by atoms with van der Waals surface area (Å²) in [5, 5.41) is 9.77. The standard InChI is InChI=1S/C27H24N8O2/c1-18-10-12-28-23(14-18)34-25-15-24(29-16-30-25)32-19-6-8-20(9-7-19)33-26(36)11-13-35-17-31-22-5-3-2-4-21(22)27(35)37/h2-10,12,14-17H,11,13H2,1H3,(H,33,36)(H2,28,29,30,32,34). The Kier molecular flexibility index (Phi) is 6.80. The number of nitrogens with one attached hydrogen (secondary N) is 3. The number of pyridine rings is 1. The van der Waals surface area contributed by atoms with E-state index in [1.54, 1.807) is 42.6 Å². The SMILES string of the molecule is Cc1ccnc(Nc2cc(Nc3ccc(NC(=O)CCn4cnc5ccccc5c4=O)cc3)ncn2)c1. The third-order valence-electron chi connectivity index (χ3n) is 5.59. The van der Waals surface area contributed by atoms with Crippen LogP contribution in [-0.4, -0.2) is 30.4 Å². The molecule has 3 heterocycles. The molecular formula is C27H24N8O2. The maximum absolute atomic E-state index is 12.6. The van der Waals surface area contributed by atoms with Crippen molar-refractivity contribution in [3.8, 4) is 0 Å². The number of benzene rings is 2. The van der Waals surface area contributed by atoms with Crippen molar-refractivity contribution in [3.05, 3.63) is 101 Å². The number of anilines is 5. The van der Waals surface area contributed by atoms with Gasteiger partial charge in [-0.3, -0.25) is 14.2 Å².